The second kappa shape index (κ2) is 10.2. The first kappa shape index (κ1) is 22.7. The molecule has 0 atom stereocenters. The topological polar surface area (TPSA) is 117 Å². The number of amides is 1. The van der Waals surface area contributed by atoms with Crippen molar-refractivity contribution in [2.45, 2.75) is 26.7 Å². The molecule has 160 valence electrons. The number of nitro groups is 1. The minimum atomic E-state index is -0.715. The van der Waals surface area contributed by atoms with E-state index in [2.05, 4.69) is 5.32 Å². The van der Waals surface area contributed by atoms with E-state index in [0.717, 1.165) is 17.2 Å². The molecule has 0 aliphatic carbocycles. The van der Waals surface area contributed by atoms with Gasteiger partial charge in [-0.05, 0) is 36.1 Å². The van der Waals surface area contributed by atoms with Crippen LogP contribution in [-0.2, 0) is 14.3 Å². The van der Waals surface area contributed by atoms with E-state index in [-0.39, 0.29) is 29.6 Å². The summed E-state index contributed by atoms with van der Waals surface area (Å²) in [6.07, 6.45) is 0. The van der Waals surface area contributed by atoms with Gasteiger partial charge in [-0.2, -0.15) is 0 Å². The summed E-state index contributed by atoms with van der Waals surface area (Å²) in [5.41, 5.74) is 1.85. The summed E-state index contributed by atoms with van der Waals surface area (Å²) < 4.78 is 15.6. The fourth-order valence-electron chi connectivity index (χ4n) is 2.66. The average Bonchev–Trinajstić information content (AvgIpc) is 2.70. The smallest absolute Gasteiger partial charge is 0.344 e. The summed E-state index contributed by atoms with van der Waals surface area (Å²) in [6.45, 7) is 5.03. The summed E-state index contributed by atoms with van der Waals surface area (Å²) in [5, 5.41) is 13.3. The Bertz CT molecular complexity index is 941. The highest BCUT2D eigenvalue weighted by Gasteiger charge is 2.16. The second-order valence-electron chi connectivity index (χ2n) is 6.84. The van der Waals surface area contributed by atoms with Gasteiger partial charge in [0, 0.05) is 12.1 Å². The zero-order valence-electron chi connectivity index (χ0n) is 17.3. The van der Waals surface area contributed by atoms with Crippen molar-refractivity contribution in [3.05, 3.63) is 57.6 Å². The van der Waals surface area contributed by atoms with Gasteiger partial charge in [0.2, 0.25) is 0 Å². The van der Waals surface area contributed by atoms with Crippen LogP contribution < -0.4 is 14.8 Å². The van der Waals surface area contributed by atoms with E-state index in [4.69, 9.17) is 14.2 Å². The maximum absolute atomic E-state index is 12.1. The molecule has 0 heterocycles. The lowest BCUT2D eigenvalue weighted by Crippen LogP contribution is -2.24. The van der Waals surface area contributed by atoms with Gasteiger partial charge in [0.25, 0.3) is 11.6 Å². The van der Waals surface area contributed by atoms with E-state index in [9.17, 15) is 19.7 Å². The standard InChI is InChI=1S/C21H24N2O7/c1-13(2)16-7-5-14(3)9-19(16)29-12-21(25)30-11-20(24)22-17-10-15(23(26)27)6-8-18(17)28-4/h5-10,13H,11-12H2,1-4H3,(H,22,24). The molecule has 0 fully saturated rings. The van der Waals surface area contributed by atoms with E-state index in [1.807, 2.05) is 39.0 Å². The van der Waals surface area contributed by atoms with E-state index >= 15 is 0 Å². The van der Waals surface area contributed by atoms with Crippen molar-refractivity contribution < 1.29 is 28.7 Å². The lowest BCUT2D eigenvalue weighted by Gasteiger charge is -2.14. The first-order valence-electron chi connectivity index (χ1n) is 9.22. The highest BCUT2D eigenvalue weighted by molar-refractivity contribution is 5.94. The molecule has 30 heavy (non-hydrogen) atoms. The number of nitrogens with zero attached hydrogens (tertiary/aromatic N) is 1. The minimum Gasteiger partial charge on any atom is -0.495 e. The number of anilines is 1. The molecule has 9 nitrogen and oxygen atoms in total. The Morgan fingerprint density at radius 1 is 1.10 bits per heavy atom. The highest BCUT2D eigenvalue weighted by atomic mass is 16.6. The Kier molecular flexibility index (Phi) is 7.74. The molecule has 0 aromatic heterocycles. The van der Waals surface area contributed by atoms with Crippen molar-refractivity contribution in [1.29, 1.82) is 0 Å². The number of carbonyl (C=O) groups excluding carboxylic acids is 2. The van der Waals surface area contributed by atoms with Crippen LogP contribution in [0.2, 0.25) is 0 Å². The fraction of sp³-hybridized carbons (Fsp3) is 0.333. The Hall–Kier alpha value is -3.62. The van der Waals surface area contributed by atoms with Gasteiger partial charge in [0.1, 0.15) is 11.5 Å². The van der Waals surface area contributed by atoms with E-state index < -0.39 is 23.4 Å². The van der Waals surface area contributed by atoms with Crippen LogP contribution in [-0.4, -0.2) is 37.1 Å². The number of methoxy groups -OCH3 is 1. The maximum Gasteiger partial charge on any atom is 0.344 e. The third kappa shape index (κ3) is 6.20. The van der Waals surface area contributed by atoms with Gasteiger partial charge >= 0.3 is 5.97 Å². The summed E-state index contributed by atoms with van der Waals surface area (Å²) in [7, 11) is 1.37. The SMILES string of the molecule is COc1ccc([N+](=O)[O-])cc1NC(=O)COC(=O)COc1cc(C)ccc1C(C)C. The number of ether oxygens (including phenoxy) is 3. The molecule has 0 radical (unpaired) electrons. The molecule has 0 unspecified atom stereocenters. The first-order valence-corrected chi connectivity index (χ1v) is 9.22. The van der Waals surface area contributed by atoms with Crippen molar-refractivity contribution in [2.24, 2.45) is 0 Å². The molecule has 0 aliphatic heterocycles. The summed E-state index contributed by atoms with van der Waals surface area (Å²) in [6, 6.07) is 9.52. The van der Waals surface area contributed by atoms with Crippen LogP contribution in [0.4, 0.5) is 11.4 Å². The van der Waals surface area contributed by atoms with Crippen molar-refractivity contribution in [2.75, 3.05) is 25.6 Å². The molecule has 1 N–H and O–H groups in total. The number of hydrogen-bond acceptors (Lipinski definition) is 7. The maximum atomic E-state index is 12.1. The Morgan fingerprint density at radius 3 is 2.47 bits per heavy atom. The van der Waals surface area contributed by atoms with Crippen LogP contribution in [0.5, 0.6) is 11.5 Å². The number of benzene rings is 2. The van der Waals surface area contributed by atoms with E-state index in [1.54, 1.807) is 0 Å². The van der Waals surface area contributed by atoms with Crippen LogP contribution in [0.25, 0.3) is 0 Å². The molecule has 0 saturated heterocycles. The molecule has 0 bridgehead atoms. The van der Waals surface area contributed by atoms with Gasteiger partial charge in [0.05, 0.1) is 17.7 Å². The largest absolute Gasteiger partial charge is 0.495 e. The number of non-ortho nitro benzene ring substituents is 1. The molecule has 2 aromatic carbocycles. The van der Waals surface area contributed by atoms with Gasteiger partial charge in [-0.3, -0.25) is 14.9 Å². The molecule has 1 amide bonds. The number of nitrogens with one attached hydrogen (secondary N) is 1. The van der Waals surface area contributed by atoms with Gasteiger partial charge in [-0.25, -0.2) is 4.79 Å². The van der Waals surface area contributed by atoms with E-state index in [1.165, 1.54) is 19.2 Å². The lowest BCUT2D eigenvalue weighted by atomic mass is 10.0. The van der Waals surface area contributed by atoms with E-state index in [0.29, 0.717) is 5.75 Å². The average molecular weight is 416 g/mol. The van der Waals surface area contributed by atoms with Crippen LogP contribution in [0.15, 0.2) is 36.4 Å². The van der Waals surface area contributed by atoms with Crippen LogP contribution in [0.3, 0.4) is 0 Å². The lowest BCUT2D eigenvalue weighted by molar-refractivity contribution is -0.384. The molecule has 0 aliphatic rings. The minimum absolute atomic E-state index is 0.102. The normalized spacial score (nSPS) is 10.4. The predicted octanol–water partition coefficient (Wildman–Crippen LogP) is 3.60. The van der Waals surface area contributed by atoms with Crippen molar-refractivity contribution in [1.82, 2.24) is 0 Å². The zero-order valence-corrected chi connectivity index (χ0v) is 17.3. The molecule has 0 saturated carbocycles. The van der Waals surface area contributed by atoms with Gasteiger partial charge in [-0.15, -0.1) is 0 Å². The highest BCUT2D eigenvalue weighted by Crippen LogP contribution is 2.29. The Balaban J connectivity index is 1.91. The number of nitro benzene ring substituents is 1. The first-order chi connectivity index (χ1) is 14.2. The van der Waals surface area contributed by atoms with Crippen molar-refractivity contribution in [3.8, 4) is 11.5 Å². The zero-order chi connectivity index (χ0) is 22.3. The third-order valence-electron chi connectivity index (χ3n) is 4.17. The Labute approximate surface area is 174 Å². The summed E-state index contributed by atoms with van der Waals surface area (Å²) >= 11 is 0. The van der Waals surface area contributed by atoms with Crippen LogP contribution in [0.1, 0.15) is 30.9 Å². The molecular weight excluding hydrogens is 392 g/mol. The summed E-state index contributed by atoms with van der Waals surface area (Å²) in [5.74, 6) is -0.336. The fourth-order valence-corrected chi connectivity index (χ4v) is 2.66. The molecular formula is C21H24N2O7. The Morgan fingerprint density at radius 2 is 1.83 bits per heavy atom. The molecule has 0 spiro atoms. The molecule has 9 heteroatoms. The molecule has 2 rings (SSSR count). The predicted molar refractivity (Wildman–Crippen MR) is 110 cm³/mol. The van der Waals surface area contributed by atoms with Crippen LogP contribution in [0, 0.1) is 17.0 Å². The number of aryl methyl sites for hydroxylation is 1. The number of carbonyl (C=O) groups is 2. The van der Waals surface area contributed by atoms with Crippen molar-refractivity contribution in [3.63, 3.8) is 0 Å². The molecule has 2 aromatic rings. The van der Waals surface area contributed by atoms with Gasteiger partial charge in [-0.1, -0.05) is 26.0 Å². The summed E-state index contributed by atoms with van der Waals surface area (Å²) in [4.78, 5) is 34.3. The second-order valence-corrected chi connectivity index (χ2v) is 6.84. The quantitative estimate of drug-likeness (QED) is 0.377. The van der Waals surface area contributed by atoms with Crippen molar-refractivity contribution >= 4 is 23.3 Å². The third-order valence-corrected chi connectivity index (χ3v) is 4.17. The number of hydrogen-bond donors (Lipinski definition) is 1. The number of rotatable bonds is 9. The van der Waals surface area contributed by atoms with Gasteiger partial charge in [0.15, 0.2) is 13.2 Å². The monoisotopic (exact) mass is 416 g/mol. The van der Waals surface area contributed by atoms with Gasteiger partial charge < -0.3 is 19.5 Å². The van der Waals surface area contributed by atoms with Crippen LogP contribution >= 0.6 is 0 Å². The number of esters is 1.